The SMILES string of the molecule is COC(=O)CC[C@@H](C(=O)OCl)N(C(=O)OC)c1cccc2c1Cc1ccccc1-2. The van der Waals surface area contributed by atoms with Gasteiger partial charge in [0.05, 0.1) is 19.9 Å². The Kier molecular flexibility index (Phi) is 6.39. The molecule has 7 nitrogen and oxygen atoms in total. The molecule has 0 aliphatic heterocycles. The highest BCUT2D eigenvalue weighted by atomic mass is 35.5. The number of anilines is 1. The summed E-state index contributed by atoms with van der Waals surface area (Å²) in [6.07, 6.45) is -0.305. The lowest BCUT2D eigenvalue weighted by atomic mass is 10.0. The Morgan fingerprint density at radius 2 is 1.76 bits per heavy atom. The first kappa shape index (κ1) is 20.7. The largest absolute Gasteiger partial charge is 0.469 e. The smallest absolute Gasteiger partial charge is 0.414 e. The molecule has 2 aromatic rings. The molecule has 0 fully saturated rings. The van der Waals surface area contributed by atoms with Crippen LogP contribution >= 0.6 is 11.9 Å². The van der Waals surface area contributed by atoms with E-state index in [0.29, 0.717) is 12.1 Å². The molecule has 152 valence electrons. The van der Waals surface area contributed by atoms with Gasteiger partial charge in [0.2, 0.25) is 0 Å². The maximum absolute atomic E-state index is 12.7. The Morgan fingerprint density at radius 1 is 1.03 bits per heavy atom. The van der Waals surface area contributed by atoms with Crippen molar-refractivity contribution in [2.75, 3.05) is 19.1 Å². The topological polar surface area (TPSA) is 82.1 Å². The van der Waals surface area contributed by atoms with Crippen molar-refractivity contribution in [1.82, 2.24) is 0 Å². The maximum atomic E-state index is 12.7. The Bertz CT molecular complexity index is 945. The fourth-order valence-electron chi connectivity index (χ4n) is 3.62. The predicted molar refractivity (Wildman–Crippen MR) is 107 cm³/mol. The highest BCUT2D eigenvalue weighted by Crippen LogP contribution is 2.42. The Labute approximate surface area is 173 Å². The Hall–Kier alpha value is -3.06. The van der Waals surface area contributed by atoms with Crippen molar-refractivity contribution < 1.29 is 28.1 Å². The van der Waals surface area contributed by atoms with E-state index in [4.69, 9.17) is 16.6 Å². The minimum Gasteiger partial charge on any atom is -0.469 e. The normalized spacial score (nSPS) is 12.4. The van der Waals surface area contributed by atoms with Gasteiger partial charge in [-0.3, -0.25) is 9.69 Å². The van der Waals surface area contributed by atoms with Gasteiger partial charge in [-0.1, -0.05) is 36.4 Å². The number of esters is 1. The van der Waals surface area contributed by atoms with Crippen molar-refractivity contribution in [3.8, 4) is 11.1 Å². The first-order chi connectivity index (χ1) is 14.0. The van der Waals surface area contributed by atoms with Gasteiger partial charge >= 0.3 is 18.0 Å². The van der Waals surface area contributed by atoms with E-state index >= 15 is 0 Å². The average molecular weight is 418 g/mol. The van der Waals surface area contributed by atoms with Gasteiger partial charge in [0, 0.05) is 12.8 Å². The van der Waals surface area contributed by atoms with Crippen LogP contribution in [-0.2, 0) is 29.8 Å². The van der Waals surface area contributed by atoms with E-state index in [0.717, 1.165) is 22.3 Å². The zero-order valence-corrected chi connectivity index (χ0v) is 16.8. The molecule has 1 amide bonds. The van der Waals surface area contributed by atoms with Gasteiger partial charge in [0.15, 0.2) is 0 Å². The van der Waals surface area contributed by atoms with Gasteiger partial charge in [-0.25, -0.2) is 9.59 Å². The van der Waals surface area contributed by atoms with Crippen LogP contribution in [0.5, 0.6) is 0 Å². The summed E-state index contributed by atoms with van der Waals surface area (Å²) in [6, 6.07) is 12.3. The maximum Gasteiger partial charge on any atom is 0.414 e. The second-order valence-corrected chi connectivity index (χ2v) is 6.66. The number of ether oxygens (including phenoxy) is 2. The molecule has 0 bridgehead atoms. The molecule has 3 rings (SSSR count). The molecule has 0 heterocycles. The number of fused-ring (bicyclic) bond motifs is 3. The van der Waals surface area contributed by atoms with Crippen LogP contribution in [0.15, 0.2) is 42.5 Å². The second-order valence-electron chi connectivity index (χ2n) is 6.50. The molecule has 0 radical (unpaired) electrons. The van der Waals surface area contributed by atoms with Crippen molar-refractivity contribution in [1.29, 1.82) is 0 Å². The third-order valence-electron chi connectivity index (χ3n) is 4.97. The lowest BCUT2D eigenvalue weighted by molar-refractivity contribution is -0.141. The van der Waals surface area contributed by atoms with Gasteiger partial charge in [0.25, 0.3) is 0 Å². The van der Waals surface area contributed by atoms with E-state index in [-0.39, 0.29) is 12.8 Å². The number of rotatable bonds is 6. The van der Waals surface area contributed by atoms with Crippen molar-refractivity contribution in [2.45, 2.75) is 25.3 Å². The number of carbonyl (C=O) groups excluding carboxylic acids is 3. The van der Waals surface area contributed by atoms with E-state index < -0.39 is 24.1 Å². The van der Waals surface area contributed by atoms with Crippen LogP contribution in [-0.4, -0.2) is 38.3 Å². The van der Waals surface area contributed by atoms with Crippen LogP contribution in [0, 0.1) is 0 Å². The molecule has 0 N–H and O–H groups in total. The minimum absolute atomic E-state index is 0.0378. The number of amides is 1. The minimum atomic E-state index is -1.16. The average Bonchev–Trinajstić information content (AvgIpc) is 3.14. The molecule has 1 aliphatic rings. The standard InChI is InChI=1S/C21H20ClNO6/c1-27-19(24)11-10-18(20(25)29-22)23(21(26)28-2)17-9-5-8-15-14-7-4-3-6-13(14)12-16(15)17/h3-9,18H,10-12H2,1-2H3/t18-/m0/s1. The van der Waals surface area contributed by atoms with E-state index in [1.807, 2.05) is 30.3 Å². The van der Waals surface area contributed by atoms with Gasteiger partial charge in [-0.05, 0) is 34.7 Å². The Balaban J connectivity index is 2.06. The molecule has 29 heavy (non-hydrogen) atoms. The van der Waals surface area contributed by atoms with Crippen molar-refractivity contribution in [3.05, 3.63) is 53.6 Å². The van der Waals surface area contributed by atoms with Crippen molar-refractivity contribution >= 4 is 35.6 Å². The molecular weight excluding hydrogens is 398 g/mol. The zero-order chi connectivity index (χ0) is 21.0. The first-order valence-corrected chi connectivity index (χ1v) is 9.29. The molecule has 0 saturated carbocycles. The molecule has 1 aliphatic carbocycles. The number of nitrogens with zero attached hydrogens (tertiary/aromatic N) is 1. The zero-order valence-electron chi connectivity index (χ0n) is 16.0. The Morgan fingerprint density at radius 3 is 2.45 bits per heavy atom. The second kappa shape index (κ2) is 8.96. The van der Waals surface area contributed by atoms with E-state index in [2.05, 4.69) is 9.03 Å². The van der Waals surface area contributed by atoms with Gasteiger partial charge in [0.1, 0.15) is 17.9 Å². The monoisotopic (exact) mass is 417 g/mol. The summed E-state index contributed by atoms with van der Waals surface area (Å²) in [5, 5.41) is 0. The fourth-order valence-corrected chi connectivity index (χ4v) is 3.72. The third kappa shape index (κ3) is 4.05. The van der Waals surface area contributed by atoms with Gasteiger partial charge in [-0.2, -0.15) is 0 Å². The van der Waals surface area contributed by atoms with Crippen LogP contribution < -0.4 is 4.90 Å². The summed E-state index contributed by atoms with van der Waals surface area (Å²) in [4.78, 5) is 37.9. The van der Waals surface area contributed by atoms with Crippen molar-refractivity contribution in [3.63, 3.8) is 0 Å². The van der Waals surface area contributed by atoms with Crippen LogP contribution in [0.3, 0.4) is 0 Å². The summed E-state index contributed by atoms with van der Waals surface area (Å²) >= 11 is 5.32. The van der Waals surface area contributed by atoms with Crippen LogP contribution in [0.25, 0.3) is 11.1 Å². The van der Waals surface area contributed by atoms with Crippen LogP contribution in [0.1, 0.15) is 24.0 Å². The summed E-state index contributed by atoms with van der Waals surface area (Å²) in [5.41, 5.74) is 4.54. The highest BCUT2D eigenvalue weighted by Gasteiger charge is 2.36. The molecule has 0 saturated heterocycles. The fraction of sp³-hybridized carbons (Fsp3) is 0.286. The number of hydrogen-bond acceptors (Lipinski definition) is 6. The number of halogens is 1. The predicted octanol–water partition coefficient (Wildman–Crippen LogP) is 3.85. The summed E-state index contributed by atoms with van der Waals surface area (Å²) in [6.45, 7) is 0. The van der Waals surface area contributed by atoms with E-state index in [1.165, 1.54) is 19.1 Å². The van der Waals surface area contributed by atoms with E-state index in [1.54, 1.807) is 12.1 Å². The lowest BCUT2D eigenvalue weighted by Crippen LogP contribution is -2.46. The molecule has 8 heteroatoms. The number of benzene rings is 2. The molecule has 0 unspecified atom stereocenters. The molecule has 0 aromatic heterocycles. The van der Waals surface area contributed by atoms with Gasteiger partial charge in [-0.15, -0.1) is 0 Å². The lowest BCUT2D eigenvalue weighted by Gasteiger charge is -2.29. The molecule has 0 spiro atoms. The van der Waals surface area contributed by atoms with Gasteiger partial charge < -0.3 is 13.8 Å². The number of carbonyl (C=O) groups is 3. The van der Waals surface area contributed by atoms with Crippen LogP contribution in [0.4, 0.5) is 10.5 Å². The van der Waals surface area contributed by atoms with Crippen LogP contribution in [0.2, 0.25) is 0 Å². The first-order valence-electron chi connectivity index (χ1n) is 8.98. The third-order valence-corrected chi connectivity index (χ3v) is 5.12. The molecular formula is C21H20ClNO6. The number of methoxy groups -OCH3 is 2. The van der Waals surface area contributed by atoms with Crippen molar-refractivity contribution in [2.24, 2.45) is 0 Å². The van der Waals surface area contributed by atoms with E-state index in [9.17, 15) is 14.4 Å². The molecule has 2 aromatic carbocycles. The molecule has 1 atom stereocenters. The summed E-state index contributed by atoms with van der Waals surface area (Å²) < 4.78 is 14.0. The summed E-state index contributed by atoms with van der Waals surface area (Å²) in [5.74, 6) is -1.39. The summed E-state index contributed by atoms with van der Waals surface area (Å²) in [7, 11) is 2.47. The number of hydrogen-bond donors (Lipinski definition) is 0. The highest BCUT2D eigenvalue weighted by molar-refractivity contribution is 6.14. The quantitative estimate of drug-likeness (QED) is 0.566.